The first-order valence-corrected chi connectivity index (χ1v) is 3.85. The van der Waals surface area contributed by atoms with Crippen molar-refractivity contribution in [3.8, 4) is 0 Å². The van der Waals surface area contributed by atoms with E-state index in [1.54, 1.807) is 0 Å². The molecule has 4 nitrogen and oxygen atoms in total. The highest BCUT2D eigenvalue weighted by Crippen LogP contribution is 2.00. The molecule has 1 aromatic rings. The van der Waals surface area contributed by atoms with E-state index in [1.807, 2.05) is 30.3 Å². The summed E-state index contributed by atoms with van der Waals surface area (Å²) in [4.78, 5) is 15.1. The van der Waals surface area contributed by atoms with Crippen LogP contribution in [0, 0.1) is 0 Å². The van der Waals surface area contributed by atoms with Gasteiger partial charge in [-0.15, -0.1) is 0 Å². The fourth-order valence-electron chi connectivity index (χ4n) is 0.798. The quantitative estimate of drug-likeness (QED) is 0.655. The summed E-state index contributed by atoms with van der Waals surface area (Å²) >= 11 is 0. The zero-order valence-corrected chi connectivity index (χ0v) is 7.27. The van der Waals surface area contributed by atoms with Crippen LogP contribution >= 0.6 is 0 Å². The SMILES string of the molecule is CC(=O)[N+]([O])OCc1ccccc1. The third-order valence-electron chi connectivity index (χ3n) is 1.45. The Balaban J connectivity index is 2.39. The Hall–Kier alpha value is -1.23. The second-order valence-corrected chi connectivity index (χ2v) is 2.54. The second-order valence-electron chi connectivity index (χ2n) is 2.54. The van der Waals surface area contributed by atoms with Crippen LogP contribution in [0.5, 0.6) is 0 Å². The van der Waals surface area contributed by atoms with Crippen molar-refractivity contribution in [2.24, 2.45) is 0 Å². The first kappa shape index (κ1) is 9.85. The van der Waals surface area contributed by atoms with Gasteiger partial charge in [-0.2, -0.15) is 0 Å². The number of nitrogens with zero attached hydrogens (tertiary/aromatic N) is 1. The molecule has 1 amide bonds. The summed E-state index contributed by atoms with van der Waals surface area (Å²) in [6.07, 6.45) is 0. The zero-order chi connectivity index (χ0) is 9.68. The van der Waals surface area contributed by atoms with E-state index in [9.17, 15) is 10.0 Å². The first-order chi connectivity index (χ1) is 6.20. The number of hydrogen-bond acceptors (Lipinski definition) is 2. The molecule has 0 aliphatic carbocycles. The molecule has 0 aliphatic heterocycles. The highest BCUT2D eigenvalue weighted by atomic mass is 16.9. The maximum absolute atomic E-state index is 10.7. The molecule has 0 spiro atoms. The van der Waals surface area contributed by atoms with Crippen LogP contribution in [0.3, 0.4) is 0 Å². The lowest BCUT2D eigenvalue weighted by Gasteiger charge is -1.95. The number of carbonyl (C=O) groups excluding carboxylic acids is 1. The van der Waals surface area contributed by atoms with Crippen molar-refractivity contribution in [1.29, 1.82) is 0 Å². The number of hydroxylamine groups is 2. The fourth-order valence-corrected chi connectivity index (χ4v) is 0.798. The molecule has 2 radical (unpaired) electrons. The van der Waals surface area contributed by atoms with Crippen molar-refractivity contribution in [3.63, 3.8) is 0 Å². The summed E-state index contributed by atoms with van der Waals surface area (Å²) in [6.45, 7) is 1.27. The van der Waals surface area contributed by atoms with E-state index in [0.29, 0.717) is 0 Å². The molecule has 0 saturated heterocycles. The molecule has 0 fully saturated rings. The molecule has 4 heteroatoms. The van der Waals surface area contributed by atoms with Gasteiger partial charge in [0.1, 0.15) is 11.8 Å². The van der Waals surface area contributed by atoms with Gasteiger partial charge in [0.2, 0.25) is 0 Å². The van der Waals surface area contributed by atoms with Gasteiger partial charge in [0, 0.05) is 0 Å². The van der Waals surface area contributed by atoms with Gasteiger partial charge in [-0.25, -0.2) is 4.79 Å². The molecule has 1 rings (SSSR count). The highest BCUT2D eigenvalue weighted by molar-refractivity contribution is 5.72. The average Bonchev–Trinajstić information content (AvgIpc) is 2.15. The molecular weight excluding hydrogens is 170 g/mol. The number of amides is 1. The molecule has 68 valence electrons. The molecule has 0 atom stereocenters. The summed E-state index contributed by atoms with van der Waals surface area (Å²) in [5.41, 5.74) is 0.851. The van der Waals surface area contributed by atoms with E-state index < -0.39 is 5.91 Å². The lowest BCUT2D eigenvalue weighted by atomic mass is 10.2. The number of benzene rings is 1. The number of rotatable bonds is 3. The second kappa shape index (κ2) is 4.71. The Morgan fingerprint density at radius 2 is 2.00 bits per heavy atom. The van der Waals surface area contributed by atoms with Crippen LogP contribution < -0.4 is 5.23 Å². The van der Waals surface area contributed by atoms with Crippen LogP contribution in [-0.4, -0.2) is 5.91 Å². The summed E-state index contributed by atoms with van der Waals surface area (Å²) in [6, 6.07) is 9.16. The highest BCUT2D eigenvalue weighted by Gasteiger charge is 2.24. The molecule has 0 N–H and O–H groups in total. The van der Waals surface area contributed by atoms with E-state index >= 15 is 0 Å². The van der Waals surface area contributed by atoms with Crippen LogP contribution in [-0.2, 0) is 21.4 Å². The topological polar surface area (TPSA) is 52.1 Å². The fraction of sp³-hybridized carbons (Fsp3) is 0.222. The molecule has 0 aliphatic rings. The van der Waals surface area contributed by atoms with Crippen LogP contribution in [0.15, 0.2) is 30.3 Å². The summed E-state index contributed by atoms with van der Waals surface area (Å²) in [5, 5.41) is 10.6. The van der Waals surface area contributed by atoms with Gasteiger partial charge in [-0.1, -0.05) is 35.2 Å². The minimum Gasteiger partial charge on any atom is -0.217 e. The molecule has 1 aromatic carbocycles. The van der Waals surface area contributed by atoms with Crippen molar-refractivity contribution in [2.45, 2.75) is 13.5 Å². The van der Waals surface area contributed by atoms with Gasteiger partial charge in [0.05, 0.1) is 6.92 Å². The average molecular weight is 180 g/mol. The predicted molar refractivity (Wildman–Crippen MR) is 44.7 cm³/mol. The minimum atomic E-state index is -0.657. The van der Waals surface area contributed by atoms with Gasteiger partial charge in [-0.3, -0.25) is 0 Å². The van der Waals surface area contributed by atoms with Crippen molar-refractivity contribution in [1.82, 2.24) is 5.23 Å². The van der Waals surface area contributed by atoms with E-state index in [0.717, 1.165) is 12.5 Å². The normalized spacial score (nSPS) is 10.4. The summed E-state index contributed by atoms with van der Waals surface area (Å²) in [5.74, 6) is -0.657. The maximum atomic E-state index is 10.7. The minimum absolute atomic E-state index is 0.0208. The molecule has 0 bridgehead atoms. The predicted octanol–water partition coefficient (Wildman–Crippen LogP) is 1.15. The molecule has 0 saturated carbocycles. The van der Waals surface area contributed by atoms with Crippen LogP contribution in [0.2, 0.25) is 0 Å². The monoisotopic (exact) mass is 180 g/mol. The largest absolute Gasteiger partial charge is 0.439 e. The number of carbonyl (C=O) groups is 1. The van der Waals surface area contributed by atoms with Crippen LogP contribution in [0.25, 0.3) is 0 Å². The van der Waals surface area contributed by atoms with E-state index in [2.05, 4.69) is 4.84 Å². The van der Waals surface area contributed by atoms with Crippen molar-refractivity contribution in [3.05, 3.63) is 35.9 Å². The summed E-state index contributed by atoms with van der Waals surface area (Å²) in [7, 11) is 0. The van der Waals surface area contributed by atoms with Crippen LogP contribution in [0.1, 0.15) is 12.5 Å². The van der Waals surface area contributed by atoms with Crippen molar-refractivity contribution >= 4 is 5.91 Å². The van der Waals surface area contributed by atoms with Gasteiger partial charge < -0.3 is 0 Å². The number of hydrogen-bond donors (Lipinski definition) is 0. The maximum Gasteiger partial charge on any atom is 0.439 e. The standard InChI is InChI=1S/C9H10NO3/c1-8(11)10(12)13-7-9-5-3-2-4-6-9/h2-6H,7H2,1H3/q+1. The Bertz CT molecular complexity index is 273. The zero-order valence-electron chi connectivity index (χ0n) is 7.27. The van der Waals surface area contributed by atoms with E-state index in [4.69, 9.17) is 0 Å². The van der Waals surface area contributed by atoms with E-state index in [1.165, 1.54) is 0 Å². The third-order valence-corrected chi connectivity index (χ3v) is 1.45. The van der Waals surface area contributed by atoms with E-state index in [-0.39, 0.29) is 11.8 Å². The van der Waals surface area contributed by atoms with Crippen molar-refractivity contribution < 1.29 is 14.8 Å². The van der Waals surface area contributed by atoms with Crippen molar-refractivity contribution in [2.75, 3.05) is 0 Å². The molecule has 13 heavy (non-hydrogen) atoms. The Labute approximate surface area is 76.3 Å². The molecule has 0 aromatic heterocycles. The van der Waals surface area contributed by atoms with Gasteiger partial charge in [-0.05, 0) is 5.56 Å². The van der Waals surface area contributed by atoms with Gasteiger partial charge >= 0.3 is 5.91 Å². The summed E-state index contributed by atoms with van der Waals surface area (Å²) < 4.78 is 0. The van der Waals surface area contributed by atoms with Gasteiger partial charge in [0.15, 0.2) is 0 Å². The molecule has 0 unspecified atom stereocenters. The third kappa shape index (κ3) is 3.33. The molecular formula is C9H10NO3+. The lowest BCUT2D eigenvalue weighted by molar-refractivity contribution is -0.275. The Morgan fingerprint density at radius 1 is 1.38 bits per heavy atom. The first-order valence-electron chi connectivity index (χ1n) is 3.85. The smallest absolute Gasteiger partial charge is 0.217 e. The Morgan fingerprint density at radius 3 is 2.54 bits per heavy atom. The lowest BCUT2D eigenvalue weighted by Crippen LogP contribution is -2.29. The van der Waals surface area contributed by atoms with Gasteiger partial charge in [0.25, 0.3) is 5.23 Å². The van der Waals surface area contributed by atoms with Crippen LogP contribution in [0.4, 0.5) is 0 Å². The molecule has 0 heterocycles. The Kier molecular flexibility index (Phi) is 3.57.